The molecule has 0 saturated carbocycles. The predicted molar refractivity (Wildman–Crippen MR) is 91.3 cm³/mol. The van der Waals surface area contributed by atoms with Crippen molar-refractivity contribution in [2.24, 2.45) is 5.92 Å². The fourth-order valence-corrected chi connectivity index (χ4v) is 3.66. The van der Waals surface area contributed by atoms with Gasteiger partial charge in [-0.3, -0.25) is 5.32 Å². The zero-order valence-corrected chi connectivity index (χ0v) is 14.5. The molecular formula is C16H20N4O3S. The molecule has 7 nitrogen and oxygen atoms in total. The molecule has 0 bridgehead atoms. The molecule has 0 spiro atoms. The van der Waals surface area contributed by atoms with Gasteiger partial charge in [0.25, 0.3) is 0 Å². The first-order chi connectivity index (χ1) is 11.6. The van der Waals surface area contributed by atoms with E-state index in [1.165, 1.54) is 18.4 Å². The van der Waals surface area contributed by atoms with Crippen LogP contribution in [0.4, 0.5) is 9.80 Å². The van der Waals surface area contributed by atoms with Crippen molar-refractivity contribution < 1.29 is 14.3 Å². The van der Waals surface area contributed by atoms with Gasteiger partial charge in [0.2, 0.25) is 0 Å². The fraction of sp³-hybridized carbons (Fsp3) is 0.438. The molecule has 3 rings (SSSR count). The van der Waals surface area contributed by atoms with E-state index in [1.807, 2.05) is 11.1 Å². The average Bonchev–Trinajstić information content (AvgIpc) is 3.26. The van der Waals surface area contributed by atoms with E-state index < -0.39 is 5.97 Å². The number of nitrogens with zero attached hydrogens (tertiary/aromatic N) is 3. The molecule has 2 atom stereocenters. The lowest BCUT2D eigenvalue weighted by Gasteiger charge is -2.37. The maximum atomic E-state index is 12.5. The number of urea groups is 1. The summed E-state index contributed by atoms with van der Waals surface area (Å²) in [5.74, 6) is 0.0784. The second-order valence-electron chi connectivity index (χ2n) is 5.91. The molecule has 0 aromatic carbocycles. The van der Waals surface area contributed by atoms with Gasteiger partial charge in [-0.15, -0.1) is 11.3 Å². The van der Waals surface area contributed by atoms with Crippen molar-refractivity contribution in [2.75, 3.05) is 25.5 Å². The Morgan fingerprint density at radius 2 is 2.29 bits per heavy atom. The number of imidazole rings is 1. The number of aromatic nitrogens is 2. The van der Waals surface area contributed by atoms with Crippen molar-refractivity contribution >= 4 is 28.3 Å². The molecule has 2 aromatic heterocycles. The van der Waals surface area contributed by atoms with Crippen LogP contribution in [0.5, 0.6) is 0 Å². The maximum absolute atomic E-state index is 12.5. The quantitative estimate of drug-likeness (QED) is 0.866. The van der Waals surface area contributed by atoms with Gasteiger partial charge in [0.05, 0.1) is 30.0 Å². The van der Waals surface area contributed by atoms with Crippen LogP contribution in [-0.2, 0) is 4.74 Å². The van der Waals surface area contributed by atoms with Crippen molar-refractivity contribution in [1.29, 1.82) is 0 Å². The molecule has 0 aliphatic carbocycles. The van der Waals surface area contributed by atoms with Crippen LogP contribution in [0.3, 0.4) is 0 Å². The monoisotopic (exact) mass is 348 g/mol. The van der Waals surface area contributed by atoms with E-state index in [0.29, 0.717) is 29.6 Å². The first kappa shape index (κ1) is 16.5. The van der Waals surface area contributed by atoms with Crippen molar-refractivity contribution in [3.8, 4) is 0 Å². The smallest absolute Gasteiger partial charge is 0.338 e. The molecule has 128 valence electrons. The number of hydrogen-bond donors (Lipinski definition) is 1. The number of hydrogen-bond acceptors (Lipinski definition) is 5. The van der Waals surface area contributed by atoms with Gasteiger partial charge in [-0.2, -0.15) is 0 Å². The number of rotatable bonds is 3. The highest BCUT2D eigenvalue weighted by Gasteiger charge is 2.30. The lowest BCUT2D eigenvalue weighted by atomic mass is 9.93. The average molecular weight is 348 g/mol. The van der Waals surface area contributed by atoms with Crippen LogP contribution in [0.1, 0.15) is 29.7 Å². The number of methoxy groups -OCH3 is 1. The fourth-order valence-electron chi connectivity index (χ4n) is 2.90. The van der Waals surface area contributed by atoms with Crippen LogP contribution in [0.25, 0.3) is 0 Å². The highest BCUT2D eigenvalue weighted by molar-refractivity contribution is 7.14. The highest BCUT2D eigenvalue weighted by atomic mass is 32.1. The molecule has 0 radical (unpaired) electrons. The SMILES string of the molecule is COC(=O)c1csc(NC(=O)N2CC[C@@H](C)[C@@H](n3ccnc3)C2)c1. The Morgan fingerprint density at radius 3 is 3.00 bits per heavy atom. The Bertz CT molecular complexity index is 713. The summed E-state index contributed by atoms with van der Waals surface area (Å²) in [5, 5.41) is 5.18. The second-order valence-corrected chi connectivity index (χ2v) is 6.82. The zero-order valence-electron chi connectivity index (χ0n) is 13.6. The highest BCUT2D eigenvalue weighted by Crippen LogP contribution is 2.28. The van der Waals surface area contributed by atoms with Gasteiger partial charge < -0.3 is 14.2 Å². The minimum absolute atomic E-state index is 0.148. The van der Waals surface area contributed by atoms with E-state index in [1.54, 1.807) is 24.0 Å². The van der Waals surface area contributed by atoms with Crippen LogP contribution in [-0.4, -0.2) is 46.7 Å². The summed E-state index contributed by atoms with van der Waals surface area (Å²) in [6.45, 7) is 3.55. The molecule has 24 heavy (non-hydrogen) atoms. The Morgan fingerprint density at radius 1 is 1.46 bits per heavy atom. The minimum atomic E-state index is -0.404. The van der Waals surface area contributed by atoms with Gasteiger partial charge in [-0.05, 0) is 18.4 Å². The molecule has 1 N–H and O–H groups in total. The molecule has 2 aromatic rings. The van der Waals surface area contributed by atoms with Crippen molar-refractivity contribution in [1.82, 2.24) is 14.5 Å². The van der Waals surface area contributed by atoms with Crippen LogP contribution >= 0.6 is 11.3 Å². The number of carbonyl (C=O) groups excluding carboxylic acids is 2. The van der Waals surface area contributed by atoms with E-state index in [-0.39, 0.29) is 12.1 Å². The predicted octanol–water partition coefficient (Wildman–Crippen LogP) is 2.85. The minimum Gasteiger partial charge on any atom is -0.465 e. The van der Waals surface area contributed by atoms with Crippen LogP contribution < -0.4 is 5.32 Å². The van der Waals surface area contributed by atoms with Gasteiger partial charge in [0, 0.05) is 30.9 Å². The summed E-state index contributed by atoms with van der Waals surface area (Å²) in [7, 11) is 1.34. The van der Waals surface area contributed by atoms with Crippen molar-refractivity contribution in [2.45, 2.75) is 19.4 Å². The van der Waals surface area contributed by atoms with Crippen LogP contribution in [0.15, 0.2) is 30.2 Å². The number of nitrogens with one attached hydrogen (secondary N) is 1. The van der Waals surface area contributed by atoms with Gasteiger partial charge >= 0.3 is 12.0 Å². The molecule has 0 unspecified atom stereocenters. The molecule has 1 saturated heterocycles. The number of esters is 1. The number of likely N-dealkylation sites (tertiary alicyclic amines) is 1. The summed E-state index contributed by atoms with van der Waals surface area (Å²) in [4.78, 5) is 29.9. The Hall–Kier alpha value is -2.35. The van der Waals surface area contributed by atoms with Gasteiger partial charge in [-0.25, -0.2) is 14.6 Å². The van der Waals surface area contributed by atoms with E-state index in [9.17, 15) is 9.59 Å². The lowest BCUT2D eigenvalue weighted by molar-refractivity contribution is 0.0601. The van der Waals surface area contributed by atoms with Crippen LogP contribution in [0, 0.1) is 5.92 Å². The normalized spacial score (nSPS) is 20.7. The molecule has 1 aliphatic heterocycles. The van der Waals surface area contributed by atoms with Gasteiger partial charge in [0.15, 0.2) is 0 Å². The van der Waals surface area contributed by atoms with Gasteiger partial charge in [0.1, 0.15) is 0 Å². The number of carbonyl (C=O) groups is 2. The summed E-state index contributed by atoms with van der Waals surface area (Å²) in [6, 6.07) is 1.71. The second kappa shape index (κ2) is 7.04. The molecule has 1 aliphatic rings. The van der Waals surface area contributed by atoms with Gasteiger partial charge in [-0.1, -0.05) is 6.92 Å². The summed E-state index contributed by atoms with van der Waals surface area (Å²) in [6.07, 6.45) is 6.43. The van der Waals surface area contributed by atoms with E-state index in [4.69, 9.17) is 0 Å². The zero-order chi connectivity index (χ0) is 17.1. The molecule has 8 heteroatoms. The number of thiophene rings is 1. The largest absolute Gasteiger partial charge is 0.465 e. The number of amides is 2. The maximum Gasteiger partial charge on any atom is 0.338 e. The van der Waals surface area contributed by atoms with Crippen LogP contribution in [0.2, 0.25) is 0 Å². The molecule has 2 amide bonds. The molecule has 1 fully saturated rings. The lowest BCUT2D eigenvalue weighted by Crippen LogP contribution is -2.45. The van der Waals surface area contributed by atoms with E-state index in [2.05, 4.69) is 26.5 Å². The standard InChI is InChI=1S/C16H20N4O3S/c1-11-3-5-19(8-13(11)20-6-4-17-10-20)16(22)18-14-7-12(9-24-14)15(21)23-2/h4,6-7,9-11,13H,3,5,8H2,1-2H3,(H,18,22)/t11-,13+/m1/s1. The third-order valence-electron chi connectivity index (χ3n) is 4.36. The van der Waals surface area contributed by atoms with Crippen molar-refractivity contribution in [3.05, 3.63) is 35.7 Å². The van der Waals surface area contributed by atoms with E-state index in [0.717, 1.165) is 6.42 Å². The number of ether oxygens (including phenoxy) is 1. The number of anilines is 1. The summed E-state index contributed by atoms with van der Waals surface area (Å²) in [5.41, 5.74) is 0.446. The third kappa shape index (κ3) is 3.43. The summed E-state index contributed by atoms with van der Waals surface area (Å²) >= 11 is 1.31. The van der Waals surface area contributed by atoms with E-state index >= 15 is 0 Å². The Kier molecular flexibility index (Phi) is 4.84. The van der Waals surface area contributed by atoms with Crippen molar-refractivity contribution in [3.63, 3.8) is 0 Å². The first-order valence-corrected chi connectivity index (χ1v) is 8.66. The first-order valence-electron chi connectivity index (χ1n) is 7.78. The molecule has 3 heterocycles. The third-order valence-corrected chi connectivity index (χ3v) is 5.21. The Balaban J connectivity index is 1.64. The molecular weight excluding hydrogens is 328 g/mol. The topological polar surface area (TPSA) is 76.5 Å². The Labute approximate surface area is 144 Å². The number of piperidine rings is 1. The summed E-state index contributed by atoms with van der Waals surface area (Å²) < 4.78 is 6.73.